The third-order valence-electron chi connectivity index (χ3n) is 4.92. The van der Waals surface area contributed by atoms with Gasteiger partial charge in [0.1, 0.15) is 12.4 Å². The molecule has 0 aromatic heterocycles. The van der Waals surface area contributed by atoms with Crippen LogP contribution in [-0.4, -0.2) is 59.7 Å². The SMILES string of the molecule is CC(=O)N1C[C@H]2CC[C@@H](C1)N(Cc1cccc(OCCO)c1)C2. The standard InChI is InChI=1S/C18H26N2O3/c1-14(22)19-11-16-5-6-17(13-19)20(12-16)10-15-3-2-4-18(9-15)23-8-7-21/h2-4,9,16-17,21H,5-8,10-13H2,1H3/t16-,17+/m1/s1. The third kappa shape index (κ3) is 4.03. The summed E-state index contributed by atoms with van der Waals surface area (Å²) in [4.78, 5) is 16.3. The molecule has 0 unspecified atom stereocenters. The Morgan fingerprint density at radius 1 is 1.30 bits per heavy atom. The molecule has 2 bridgehead atoms. The Balaban J connectivity index is 1.67. The molecular formula is C18H26N2O3. The number of carbonyl (C=O) groups is 1. The third-order valence-corrected chi connectivity index (χ3v) is 4.92. The van der Waals surface area contributed by atoms with Gasteiger partial charge >= 0.3 is 0 Å². The molecule has 3 aliphatic heterocycles. The Bertz CT molecular complexity index is 549. The van der Waals surface area contributed by atoms with E-state index in [1.807, 2.05) is 17.0 Å². The zero-order chi connectivity index (χ0) is 16.2. The highest BCUT2D eigenvalue weighted by Gasteiger charge is 2.35. The van der Waals surface area contributed by atoms with Gasteiger partial charge in [0.2, 0.25) is 5.91 Å². The van der Waals surface area contributed by atoms with Gasteiger partial charge in [0.25, 0.3) is 0 Å². The summed E-state index contributed by atoms with van der Waals surface area (Å²) in [6, 6.07) is 8.55. The molecule has 3 aliphatic rings. The molecule has 23 heavy (non-hydrogen) atoms. The highest BCUT2D eigenvalue weighted by molar-refractivity contribution is 5.73. The predicted octanol–water partition coefficient (Wildman–Crippen LogP) is 1.50. The molecule has 0 spiro atoms. The molecule has 1 aromatic rings. The Morgan fingerprint density at radius 2 is 2.17 bits per heavy atom. The van der Waals surface area contributed by atoms with Crippen molar-refractivity contribution in [3.63, 3.8) is 0 Å². The molecular weight excluding hydrogens is 292 g/mol. The molecule has 5 nitrogen and oxygen atoms in total. The van der Waals surface area contributed by atoms with E-state index in [4.69, 9.17) is 9.84 Å². The molecule has 1 N–H and O–H groups in total. The van der Waals surface area contributed by atoms with Gasteiger partial charge in [-0.1, -0.05) is 12.1 Å². The molecule has 1 amide bonds. The molecule has 0 saturated carbocycles. The number of piperidine rings is 1. The zero-order valence-electron chi connectivity index (χ0n) is 13.8. The second-order valence-electron chi connectivity index (χ2n) is 6.67. The fourth-order valence-corrected chi connectivity index (χ4v) is 3.76. The maximum Gasteiger partial charge on any atom is 0.219 e. The van der Waals surface area contributed by atoms with Gasteiger partial charge in [0, 0.05) is 39.1 Å². The average Bonchev–Trinajstić information content (AvgIpc) is 2.85. The van der Waals surface area contributed by atoms with Crippen LogP contribution in [0.3, 0.4) is 0 Å². The first-order valence-corrected chi connectivity index (χ1v) is 8.48. The Hall–Kier alpha value is -1.59. The summed E-state index contributed by atoms with van der Waals surface area (Å²) in [5.74, 6) is 1.59. The minimum Gasteiger partial charge on any atom is -0.491 e. The van der Waals surface area contributed by atoms with Crippen molar-refractivity contribution >= 4 is 5.91 Å². The van der Waals surface area contributed by atoms with Crippen LogP contribution in [-0.2, 0) is 11.3 Å². The summed E-state index contributed by atoms with van der Waals surface area (Å²) < 4.78 is 5.50. The highest BCUT2D eigenvalue weighted by Crippen LogP contribution is 2.29. The molecule has 3 saturated heterocycles. The first-order valence-electron chi connectivity index (χ1n) is 8.48. The summed E-state index contributed by atoms with van der Waals surface area (Å²) in [5, 5.41) is 8.86. The first kappa shape index (κ1) is 16.3. The van der Waals surface area contributed by atoms with E-state index in [0.717, 1.165) is 31.9 Å². The largest absolute Gasteiger partial charge is 0.491 e. The molecule has 2 atom stereocenters. The minimum atomic E-state index is 0.0288. The van der Waals surface area contributed by atoms with Gasteiger partial charge in [-0.25, -0.2) is 0 Å². The lowest BCUT2D eigenvalue weighted by molar-refractivity contribution is -0.129. The van der Waals surface area contributed by atoms with Crippen molar-refractivity contribution in [2.24, 2.45) is 5.92 Å². The van der Waals surface area contributed by atoms with E-state index >= 15 is 0 Å². The molecule has 5 heteroatoms. The van der Waals surface area contributed by atoms with Gasteiger partial charge in [-0.2, -0.15) is 0 Å². The number of hydrogen-bond donors (Lipinski definition) is 1. The van der Waals surface area contributed by atoms with Crippen LogP contribution >= 0.6 is 0 Å². The van der Waals surface area contributed by atoms with Gasteiger partial charge in [0.15, 0.2) is 0 Å². The van der Waals surface area contributed by atoms with E-state index in [0.29, 0.717) is 18.6 Å². The van der Waals surface area contributed by atoms with Gasteiger partial charge < -0.3 is 14.7 Å². The van der Waals surface area contributed by atoms with Gasteiger partial charge in [-0.3, -0.25) is 9.69 Å². The van der Waals surface area contributed by atoms with E-state index < -0.39 is 0 Å². The number of aliphatic hydroxyl groups is 1. The van der Waals surface area contributed by atoms with Gasteiger partial charge in [-0.05, 0) is 36.5 Å². The van der Waals surface area contributed by atoms with E-state index in [-0.39, 0.29) is 12.5 Å². The number of amides is 1. The Kier molecular flexibility index (Phi) is 5.18. The average molecular weight is 318 g/mol. The number of fused-ring (bicyclic) bond motifs is 4. The quantitative estimate of drug-likeness (QED) is 0.894. The van der Waals surface area contributed by atoms with E-state index in [2.05, 4.69) is 17.0 Å². The van der Waals surface area contributed by atoms with Crippen LogP contribution in [0.15, 0.2) is 24.3 Å². The number of ether oxygens (including phenoxy) is 1. The maximum absolute atomic E-state index is 11.8. The van der Waals surface area contributed by atoms with Crippen molar-refractivity contribution in [1.29, 1.82) is 0 Å². The first-order chi connectivity index (χ1) is 11.2. The second kappa shape index (κ2) is 7.32. The van der Waals surface area contributed by atoms with Crippen molar-refractivity contribution in [3.05, 3.63) is 29.8 Å². The summed E-state index contributed by atoms with van der Waals surface area (Å²) in [5.41, 5.74) is 1.22. The lowest BCUT2D eigenvalue weighted by atomic mass is 9.94. The van der Waals surface area contributed by atoms with Crippen LogP contribution in [0, 0.1) is 5.92 Å². The summed E-state index contributed by atoms with van der Waals surface area (Å²) >= 11 is 0. The molecule has 1 aromatic carbocycles. The molecule has 126 valence electrons. The minimum absolute atomic E-state index is 0.0288. The number of carbonyl (C=O) groups excluding carboxylic acids is 1. The molecule has 0 radical (unpaired) electrons. The number of hydrogen-bond acceptors (Lipinski definition) is 4. The number of benzene rings is 1. The second-order valence-corrected chi connectivity index (χ2v) is 6.67. The van der Waals surface area contributed by atoms with E-state index in [1.165, 1.54) is 18.4 Å². The summed E-state index contributed by atoms with van der Waals surface area (Å²) in [7, 11) is 0. The number of rotatable bonds is 5. The lowest BCUT2D eigenvalue weighted by Crippen LogP contribution is -2.43. The molecule has 3 fully saturated rings. The lowest BCUT2D eigenvalue weighted by Gasteiger charge is -2.36. The summed E-state index contributed by atoms with van der Waals surface area (Å²) in [6.45, 7) is 5.75. The van der Waals surface area contributed by atoms with Gasteiger partial charge in [-0.15, -0.1) is 0 Å². The monoisotopic (exact) mass is 318 g/mol. The molecule has 3 heterocycles. The van der Waals surface area contributed by atoms with Crippen molar-refractivity contribution in [2.45, 2.75) is 32.4 Å². The Morgan fingerprint density at radius 3 is 2.96 bits per heavy atom. The van der Waals surface area contributed by atoms with Crippen molar-refractivity contribution in [1.82, 2.24) is 9.80 Å². The van der Waals surface area contributed by atoms with Crippen LogP contribution in [0.5, 0.6) is 5.75 Å². The zero-order valence-corrected chi connectivity index (χ0v) is 13.8. The molecule has 0 aliphatic carbocycles. The summed E-state index contributed by atoms with van der Waals surface area (Å²) in [6.07, 6.45) is 2.40. The van der Waals surface area contributed by atoms with Crippen LogP contribution < -0.4 is 4.74 Å². The highest BCUT2D eigenvalue weighted by atomic mass is 16.5. The van der Waals surface area contributed by atoms with Crippen molar-refractivity contribution in [3.8, 4) is 5.75 Å². The topological polar surface area (TPSA) is 53.0 Å². The van der Waals surface area contributed by atoms with Crippen LogP contribution in [0.1, 0.15) is 25.3 Å². The van der Waals surface area contributed by atoms with Crippen LogP contribution in [0.25, 0.3) is 0 Å². The van der Waals surface area contributed by atoms with Gasteiger partial charge in [0.05, 0.1) is 6.61 Å². The van der Waals surface area contributed by atoms with Crippen molar-refractivity contribution in [2.75, 3.05) is 32.8 Å². The molecule has 4 rings (SSSR count). The van der Waals surface area contributed by atoms with E-state index in [9.17, 15) is 4.79 Å². The van der Waals surface area contributed by atoms with Crippen LogP contribution in [0.4, 0.5) is 0 Å². The number of aliphatic hydroxyl groups excluding tert-OH is 1. The van der Waals surface area contributed by atoms with E-state index in [1.54, 1.807) is 6.92 Å². The fourth-order valence-electron chi connectivity index (χ4n) is 3.76. The number of nitrogens with zero attached hydrogens (tertiary/aromatic N) is 2. The van der Waals surface area contributed by atoms with Crippen LogP contribution in [0.2, 0.25) is 0 Å². The fraction of sp³-hybridized carbons (Fsp3) is 0.611. The smallest absolute Gasteiger partial charge is 0.219 e. The maximum atomic E-state index is 11.8. The Labute approximate surface area is 137 Å². The van der Waals surface area contributed by atoms with Crippen molar-refractivity contribution < 1.29 is 14.6 Å². The normalized spacial score (nSPS) is 24.5. The predicted molar refractivity (Wildman–Crippen MR) is 88.2 cm³/mol.